The fourth-order valence-electron chi connectivity index (χ4n) is 3.10. The Morgan fingerprint density at radius 1 is 1.17 bits per heavy atom. The first-order valence-electron chi connectivity index (χ1n) is 7.69. The van der Waals surface area contributed by atoms with Gasteiger partial charge in [0.2, 0.25) is 0 Å². The van der Waals surface area contributed by atoms with Crippen LogP contribution in [0.5, 0.6) is 0 Å². The third kappa shape index (κ3) is 5.68. The number of nitrogens with zero attached hydrogens (tertiary/aromatic N) is 1. The van der Waals surface area contributed by atoms with Crippen LogP contribution in [0.15, 0.2) is 0 Å². The van der Waals surface area contributed by atoms with Gasteiger partial charge in [0.05, 0.1) is 6.61 Å². The van der Waals surface area contributed by atoms with Crippen molar-refractivity contribution in [1.29, 1.82) is 0 Å². The van der Waals surface area contributed by atoms with Crippen molar-refractivity contribution in [3.05, 3.63) is 0 Å². The number of likely N-dealkylation sites (N-methyl/N-ethyl adjacent to an activating group) is 1. The second kappa shape index (κ2) is 8.89. The summed E-state index contributed by atoms with van der Waals surface area (Å²) in [6, 6.07) is 0. The monoisotopic (exact) mass is 256 g/mol. The van der Waals surface area contributed by atoms with Crippen molar-refractivity contribution in [3.63, 3.8) is 0 Å². The normalized spacial score (nSPS) is 19.3. The number of hydrogen-bond donors (Lipinski definition) is 1. The van der Waals surface area contributed by atoms with E-state index in [1.165, 1.54) is 45.2 Å². The average molecular weight is 256 g/mol. The van der Waals surface area contributed by atoms with Crippen molar-refractivity contribution in [2.45, 2.75) is 46.0 Å². The highest BCUT2D eigenvalue weighted by Gasteiger charge is 2.32. The SMILES string of the molecule is CCNCC1(CN(C)CCOCC)CCCCC1. The van der Waals surface area contributed by atoms with E-state index >= 15 is 0 Å². The Morgan fingerprint density at radius 3 is 2.50 bits per heavy atom. The van der Waals surface area contributed by atoms with Crippen LogP contribution in [0.2, 0.25) is 0 Å². The van der Waals surface area contributed by atoms with Crippen LogP contribution in [-0.2, 0) is 4.74 Å². The number of rotatable bonds is 9. The molecule has 0 amide bonds. The fourth-order valence-corrected chi connectivity index (χ4v) is 3.10. The molecule has 0 bridgehead atoms. The molecule has 0 aromatic carbocycles. The van der Waals surface area contributed by atoms with Crippen molar-refractivity contribution >= 4 is 0 Å². The maximum Gasteiger partial charge on any atom is 0.0593 e. The Balaban J connectivity index is 2.39. The van der Waals surface area contributed by atoms with E-state index in [-0.39, 0.29) is 0 Å². The van der Waals surface area contributed by atoms with E-state index in [4.69, 9.17) is 4.74 Å². The van der Waals surface area contributed by atoms with Gasteiger partial charge >= 0.3 is 0 Å². The van der Waals surface area contributed by atoms with Crippen LogP contribution in [0.4, 0.5) is 0 Å². The van der Waals surface area contributed by atoms with Crippen LogP contribution in [0, 0.1) is 5.41 Å². The average Bonchev–Trinajstić information content (AvgIpc) is 2.38. The lowest BCUT2D eigenvalue weighted by atomic mass is 9.73. The summed E-state index contributed by atoms with van der Waals surface area (Å²) in [5.41, 5.74) is 0.509. The standard InChI is InChI=1S/C15H32N2O/c1-4-16-13-15(9-7-6-8-10-15)14-17(3)11-12-18-5-2/h16H,4-14H2,1-3H3. The molecule has 3 nitrogen and oxygen atoms in total. The summed E-state index contributed by atoms with van der Waals surface area (Å²) in [7, 11) is 2.24. The minimum absolute atomic E-state index is 0.509. The number of hydrogen-bond acceptors (Lipinski definition) is 3. The number of ether oxygens (including phenoxy) is 1. The molecular weight excluding hydrogens is 224 g/mol. The van der Waals surface area contributed by atoms with Gasteiger partial charge in [-0.3, -0.25) is 0 Å². The van der Waals surface area contributed by atoms with Gasteiger partial charge in [0.15, 0.2) is 0 Å². The van der Waals surface area contributed by atoms with Gasteiger partial charge in [-0.25, -0.2) is 0 Å². The Labute approximate surface area is 113 Å². The lowest BCUT2D eigenvalue weighted by Gasteiger charge is -2.40. The highest BCUT2D eigenvalue weighted by molar-refractivity contribution is 4.87. The van der Waals surface area contributed by atoms with Gasteiger partial charge in [-0.2, -0.15) is 0 Å². The quantitative estimate of drug-likeness (QED) is 0.642. The summed E-state index contributed by atoms with van der Waals surface area (Å²) in [6.45, 7) is 10.5. The third-order valence-electron chi connectivity index (χ3n) is 4.09. The molecule has 0 heterocycles. The predicted octanol–water partition coefficient (Wildman–Crippen LogP) is 2.51. The van der Waals surface area contributed by atoms with Crippen LogP contribution in [-0.4, -0.2) is 51.3 Å². The van der Waals surface area contributed by atoms with Gasteiger partial charge in [0, 0.05) is 26.2 Å². The van der Waals surface area contributed by atoms with Crippen LogP contribution in [0.3, 0.4) is 0 Å². The molecule has 0 aliphatic heterocycles. The van der Waals surface area contributed by atoms with E-state index in [0.29, 0.717) is 5.41 Å². The Morgan fingerprint density at radius 2 is 1.89 bits per heavy atom. The zero-order valence-electron chi connectivity index (χ0n) is 12.6. The van der Waals surface area contributed by atoms with Crippen molar-refractivity contribution in [3.8, 4) is 0 Å². The van der Waals surface area contributed by atoms with Crippen molar-refractivity contribution in [2.75, 3.05) is 46.4 Å². The summed E-state index contributed by atoms with van der Waals surface area (Å²) in [4.78, 5) is 2.46. The van der Waals surface area contributed by atoms with E-state index < -0.39 is 0 Å². The second-order valence-electron chi connectivity index (χ2n) is 5.78. The molecule has 3 heteroatoms. The lowest BCUT2D eigenvalue weighted by Crippen LogP contribution is -2.45. The van der Waals surface area contributed by atoms with Crippen LogP contribution in [0.25, 0.3) is 0 Å². The summed E-state index contributed by atoms with van der Waals surface area (Å²) in [5.74, 6) is 0. The molecule has 0 aromatic rings. The van der Waals surface area contributed by atoms with Gasteiger partial charge in [0.25, 0.3) is 0 Å². The molecule has 0 saturated heterocycles. The Hall–Kier alpha value is -0.120. The van der Waals surface area contributed by atoms with E-state index in [1.807, 2.05) is 0 Å². The topological polar surface area (TPSA) is 24.5 Å². The first kappa shape index (κ1) is 15.9. The summed E-state index contributed by atoms with van der Waals surface area (Å²) >= 11 is 0. The molecule has 0 unspecified atom stereocenters. The Kier molecular flexibility index (Phi) is 7.87. The zero-order chi connectivity index (χ0) is 13.3. The molecule has 18 heavy (non-hydrogen) atoms. The molecule has 0 spiro atoms. The molecule has 1 fully saturated rings. The van der Waals surface area contributed by atoms with Gasteiger partial charge in [0.1, 0.15) is 0 Å². The maximum absolute atomic E-state index is 5.45. The fraction of sp³-hybridized carbons (Fsp3) is 1.00. The summed E-state index contributed by atoms with van der Waals surface area (Å²) in [5, 5.41) is 3.57. The predicted molar refractivity (Wildman–Crippen MR) is 78.1 cm³/mol. The van der Waals surface area contributed by atoms with Crippen LogP contribution < -0.4 is 5.32 Å². The van der Waals surface area contributed by atoms with Gasteiger partial charge in [-0.1, -0.05) is 26.2 Å². The highest BCUT2D eigenvalue weighted by atomic mass is 16.5. The molecule has 1 aliphatic carbocycles. The van der Waals surface area contributed by atoms with E-state index in [0.717, 1.165) is 26.3 Å². The highest BCUT2D eigenvalue weighted by Crippen LogP contribution is 2.36. The maximum atomic E-state index is 5.45. The van der Waals surface area contributed by atoms with Crippen LogP contribution >= 0.6 is 0 Å². The molecule has 1 aliphatic rings. The first-order valence-corrected chi connectivity index (χ1v) is 7.69. The zero-order valence-corrected chi connectivity index (χ0v) is 12.6. The van der Waals surface area contributed by atoms with Crippen LogP contribution in [0.1, 0.15) is 46.0 Å². The lowest BCUT2D eigenvalue weighted by molar-refractivity contribution is 0.0815. The smallest absolute Gasteiger partial charge is 0.0593 e. The Bertz CT molecular complexity index is 203. The number of nitrogens with one attached hydrogen (secondary N) is 1. The van der Waals surface area contributed by atoms with Gasteiger partial charge in [-0.05, 0) is 38.8 Å². The van der Waals surface area contributed by atoms with Gasteiger partial charge in [-0.15, -0.1) is 0 Å². The molecule has 0 radical (unpaired) electrons. The summed E-state index contributed by atoms with van der Waals surface area (Å²) < 4.78 is 5.45. The van der Waals surface area contributed by atoms with Crippen molar-refractivity contribution < 1.29 is 4.74 Å². The summed E-state index contributed by atoms with van der Waals surface area (Å²) in [6.07, 6.45) is 7.02. The van der Waals surface area contributed by atoms with E-state index in [9.17, 15) is 0 Å². The minimum atomic E-state index is 0.509. The molecule has 0 aromatic heterocycles. The van der Waals surface area contributed by atoms with Crippen molar-refractivity contribution in [1.82, 2.24) is 10.2 Å². The largest absolute Gasteiger partial charge is 0.380 e. The molecular formula is C15H32N2O. The second-order valence-corrected chi connectivity index (χ2v) is 5.78. The molecule has 0 atom stereocenters. The van der Waals surface area contributed by atoms with E-state index in [1.54, 1.807) is 0 Å². The first-order chi connectivity index (χ1) is 8.72. The molecule has 1 N–H and O–H groups in total. The van der Waals surface area contributed by atoms with Crippen molar-refractivity contribution in [2.24, 2.45) is 5.41 Å². The van der Waals surface area contributed by atoms with Gasteiger partial charge < -0.3 is 15.0 Å². The third-order valence-corrected chi connectivity index (χ3v) is 4.09. The van der Waals surface area contributed by atoms with E-state index in [2.05, 4.69) is 31.1 Å². The molecule has 1 rings (SSSR count). The minimum Gasteiger partial charge on any atom is -0.380 e. The molecule has 1 saturated carbocycles. The molecule has 108 valence electrons.